The molecule has 0 rings (SSSR count). The van der Waals surface area contributed by atoms with Crippen molar-refractivity contribution in [2.45, 2.75) is 257 Å². The number of unbranched alkanes of at least 4 members (excludes halogenated alkanes) is 30. The van der Waals surface area contributed by atoms with Crippen molar-refractivity contribution in [2.75, 3.05) is 41.0 Å². The molecular formula is C51H97NO7. The molecule has 0 radical (unpaired) electrons. The monoisotopic (exact) mass is 836 g/mol. The van der Waals surface area contributed by atoms with Gasteiger partial charge in [0.25, 0.3) is 0 Å². The topological polar surface area (TPSA) is 102 Å². The van der Waals surface area contributed by atoms with E-state index in [4.69, 9.17) is 14.2 Å². The van der Waals surface area contributed by atoms with Gasteiger partial charge in [-0.25, -0.2) is 0 Å². The minimum Gasteiger partial charge on any atom is -0.544 e. The summed E-state index contributed by atoms with van der Waals surface area (Å²) in [6.07, 6.45) is 46.7. The van der Waals surface area contributed by atoms with E-state index in [-0.39, 0.29) is 42.7 Å². The van der Waals surface area contributed by atoms with Crippen molar-refractivity contribution in [3.63, 3.8) is 0 Å². The highest BCUT2D eigenvalue weighted by Crippen LogP contribution is 2.16. The number of hydrogen-bond acceptors (Lipinski definition) is 7. The summed E-state index contributed by atoms with van der Waals surface area (Å²) >= 11 is 0. The van der Waals surface area contributed by atoms with Crippen molar-refractivity contribution in [3.8, 4) is 0 Å². The van der Waals surface area contributed by atoms with Gasteiger partial charge in [-0.2, -0.15) is 0 Å². The first-order valence-corrected chi connectivity index (χ1v) is 25.2. The number of hydrogen-bond donors (Lipinski definition) is 0. The lowest BCUT2D eigenvalue weighted by molar-refractivity contribution is -0.889. The summed E-state index contributed by atoms with van der Waals surface area (Å²) < 4.78 is 17.2. The molecule has 0 spiro atoms. The highest BCUT2D eigenvalue weighted by Gasteiger charge is 2.25. The Bertz CT molecular complexity index is 978. The highest BCUT2D eigenvalue weighted by molar-refractivity contribution is 5.70. The normalized spacial score (nSPS) is 12.9. The average Bonchev–Trinajstić information content (AvgIpc) is 3.19. The number of aliphatic carboxylic acids is 1. The summed E-state index contributed by atoms with van der Waals surface area (Å²) in [5.41, 5.74) is 0. The number of allylic oxidation sites excluding steroid dienone is 2. The molecular weight excluding hydrogens is 739 g/mol. The molecule has 2 atom stereocenters. The largest absolute Gasteiger partial charge is 0.544 e. The van der Waals surface area contributed by atoms with Gasteiger partial charge in [-0.15, -0.1) is 0 Å². The fourth-order valence-electron chi connectivity index (χ4n) is 7.71. The summed E-state index contributed by atoms with van der Waals surface area (Å²) in [5.74, 6) is -1.74. The van der Waals surface area contributed by atoms with Crippen LogP contribution in [0.2, 0.25) is 0 Å². The van der Waals surface area contributed by atoms with Crippen LogP contribution in [-0.2, 0) is 28.6 Å². The molecule has 0 saturated heterocycles. The van der Waals surface area contributed by atoms with Crippen molar-refractivity contribution in [1.82, 2.24) is 0 Å². The second-order valence-corrected chi connectivity index (χ2v) is 18.4. The average molecular weight is 836 g/mol. The Balaban J connectivity index is 4.21. The Kier molecular flexibility index (Phi) is 41.3. The quantitative estimate of drug-likeness (QED) is 0.0260. The summed E-state index contributed by atoms with van der Waals surface area (Å²) in [6.45, 7) is 4.68. The molecule has 0 aromatic rings. The molecule has 0 aliphatic carbocycles. The van der Waals surface area contributed by atoms with Crippen molar-refractivity contribution >= 4 is 17.9 Å². The van der Waals surface area contributed by atoms with Crippen molar-refractivity contribution in [3.05, 3.63) is 12.2 Å². The molecule has 2 unspecified atom stereocenters. The van der Waals surface area contributed by atoms with E-state index in [1.165, 1.54) is 161 Å². The van der Waals surface area contributed by atoms with Gasteiger partial charge in [0.2, 0.25) is 0 Å². The predicted molar refractivity (Wildman–Crippen MR) is 245 cm³/mol. The number of carbonyl (C=O) groups is 3. The van der Waals surface area contributed by atoms with Gasteiger partial charge in [-0.1, -0.05) is 199 Å². The lowest BCUT2D eigenvalue weighted by atomic mass is 10.0. The molecule has 348 valence electrons. The first-order valence-electron chi connectivity index (χ1n) is 25.2. The Morgan fingerprint density at radius 1 is 0.492 bits per heavy atom. The van der Waals surface area contributed by atoms with E-state index in [2.05, 4.69) is 26.0 Å². The molecule has 0 amide bonds. The number of ether oxygens (including phenoxy) is 3. The minimum atomic E-state index is -1.12. The van der Waals surface area contributed by atoms with E-state index in [1.54, 1.807) is 21.1 Å². The minimum absolute atomic E-state index is 0.0421. The number of carbonyl (C=O) groups excluding carboxylic acids is 3. The van der Waals surface area contributed by atoms with Gasteiger partial charge in [-0.3, -0.25) is 9.59 Å². The number of carboxylic acid groups (broad SMARTS) is 1. The maximum Gasteiger partial charge on any atom is 0.306 e. The Morgan fingerprint density at radius 3 is 1.24 bits per heavy atom. The van der Waals surface area contributed by atoms with Gasteiger partial charge >= 0.3 is 11.9 Å². The predicted octanol–water partition coefficient (Wildman–Crippen LogP) is 12.9. The van der Waals surface area contributed by atoms with Crippen LogP contribution in [0.25, 0.3) is 0 Å². The fraction of sp³-hybridized carbons (Fsp3) is 0.902. The van der Waals surface area contributed by atoms with Gasteiger partial charge in [0.1, 0.15) is 12.6 Å². The van der Waals surface area contributed by atoms with Crippen LogP contribution in [0.5, 0.6) is 0 Å². The number of nitrogens with zero attached hydrogens (tertiary/aromatic N) is 1. The van der Waals surface area contributed by atoms with Gasteiger partial charge in [0.05, 0.1) is 40.3 Å². The van der Waals surface area contributed by atoms with Crippen LogP contribution < -0.4 is 5.11 Å². The molecule has 0 bridgehead atoms. The number of quaternary nitrogens is 1. The zero-order valence-electron chi connectivity index (χ0n) is 39.7. The first-order chi connectivity index (χ1) is 28.6. The molecule has 0 saturated carbocycles. The van der Waals surface area contributed by atoms with Crippen LogP contribution in [-0.4, -0.2) is 75.5 Å². The molecule has 59 heavy (non-hydrogen) atoms. The molecule has 0 aliphatic heterocycles. The van der Waals surface area contributed by atoms with Crippen LogP contribution in [0, 0.1) is 0 Å². The molecule has 0 aromatic heterocycles. The number of carboxylic acids is 1. The van der Waals surface area contributed by atoms with Gasteiger partial charge in [-0.05, 0) is 38.5 Å². The maximum atomic E-state index is 12.8. The standard InChI is InChI=1S/C51H97NO7/c1-6-8-10-12-14-16-18-20-22-23-24-25-26-27-28-30-32-34-36-38-40-42-50(54)59-47(45-57-44-43-48(51(55)56)52(3,4)5)46-58-49(53)41-39-37-35-33-31-29-21-19-17-15-13-11-9-7-2/h29,31,47-48H,6-28,30,32-46H2,1-5H3/b31-29+. The van der Waals surface area contributed by atoms with Crippen LogP contribution in [0.15, 0.2) is 12.2 Å². The Labute approximate surface area is 365 Å². The number of likely N-dealkylation sites (N-methyl/N-ethyl adjacent to an activating group) is 1. The van der Waals surface area contributed by atoms with Crippen LogP contribution in [0.1, 0.15) is 245 Å². The molecule has 0 N–H and O–H groups in total. The Hall–Kier alpha value is -1.93. The maximum absolute atomic E-state index is 12.8. The SMILES string of the molecule is CCCCCCCCC/C=C/CCCCCC(=O)OCC(COCCC(C(=O)[O-])[N+](C)(C)C)OC(=O)CCCCCCCCCCCCCCCCCCCCCCC. The number of rotatable bonds is 46. The molecule has 0 aromatic carbocycles. The number of esters is 2. The Morgan fingerprint density at radius 2 is 0.847 bits per heavy atom. The molecule has 0 aliphatic rings. The molecule has 8 nitrogen and oxygen atoms in total. The van der Waals surface area contributed by atoms with E-state index >= 15 is 0 Å². The lowest BCUT2D eigenvalue weighted by Crippen LogP contribution is -2.55. The van der Waals surface area contributed by atoms with Crippen molar-refractivity contribution < 1.29 is 38.2 Å². The molecule has 0 fully saturated rings. The van der Waals surface area contributed by atoms with Crippen molar-refractivity contribution in [2.24, 2.45) is 0 Å². The third-order valence-corrected chi connectivity index (χ3v) is 11.7. The van der Waals surface area contributed by atoms with Gasteiger partial charge < -0.3 is 28.6 Å². The van der Waals surface area contributed by atoms with Crippen LogP contribution in [0.4, 0.5) is 0 Å². The second kappa shape index (κ2) is 42.7. The third kappa shape index (κ3) is 41.2. The lowest BCUT2D eigenvalue weighted by Gasteiger charge is -2.34. The van der Waals surface area contributed by atoms with Gasteiger partial charge in [0, 0.05) is 19.3 Å². The smallest absolute Gasteiger partial charge is 0.306 e. The fourth-order valence-corrected chi connectivity index (χ4v) is 7.71. The van der Waals surface area contributed by atoms with Crippen molar-refractivity contribution in [1.29, 1.82) is 0 Å². The van der Waals surface area contributed by atoms with Gasteiger partial charge in [0.15, 0.2) is 6.10 Å². The van der Waals surface area contributed by atoms with Crippen LogP contribution in [0.3, 0.4) is 0 Å². The summed E-state index contributed by atoms with van der Waals surface area (Å²) in [6, 6.07) is -0.724. The summed E-state index contributed by atoms with van der Waals surface area (Å²) in [7, 11) is 5.42. The second-order valence-electron chi connectivity index (χ2n) is 18.4. The molecule has 0 heterocycles. The molecule has 8 heteroatoms. The van der Waals surface area contributed by atoms with Crippen LogP contribution >= 0.6 is 0 Å². The van der Waals surface area contributed by atoms with E-state index in [0.717, 1.165) is 51.4 Å². The summed E-state index contributed by atoms with van der Waals surface area (Å²) in [5, 5.41) is 11.6. The third-order valence-electron chi connectivity index (χ3n) is 11.7. The zero-order valence-corrected chi connectivity index (χ0v) is 39.7. The van der Waals surface area contributed by atoms with E-state index in [0.29, 0.717) is 12.8 Å². The first kappa shape index (κ1) is 57.1. The van der Waals surface area contributed by atoms with E-state index < -0.39 is 18.1 Å². The zero-order chi connectivity index (χ0) is 43.5. The van der Waals surface area contributed by atoms with E-state index in [1.807, 2.05) is 0 Å². The highest BCUT2D eigenvalue weighted by atomic mass is 16.6. The van der Waals surface area contributed by atoms with E-state index in [9.17, 15) is 19.5 Å². The summed E-state index contributed by atoms with van der Waals surface area (Å²) in [4.78, 5) is 37.0.